The van der Waals surface area contributed by atoms with Crippen LogP contribution in [0.1, 0.15) is 31.5 Å². The molecule has 0 saturated heterocycles. The first kappa shape index (κ1) is 16.1. The van der Waals surface area contributed by atoms with Gasteiger partial charge in [-0.2, -0.15) is 10.1 Å². The fourth-order valence-corrected chi connectivity index (χ4v) is 2.62. The maximum Gasteiger partial charge on any atom is 0.229 e. The van der Waals surface area contributed by atoms with Crippen LogP contribution in [0.5, 0.6) is 0 Å². The average molecular weight is 346 g/mol. The van der Waals surface area contributed by atoms with Crippen molar-refractivity contribution < 1.29 is 4.52 Å². The summed E-state index contributed by atoms with van der Waals surface area (Å²) in [4.78, 5) is 12.5. The van der Waals surface area contributed by atoms with E-state index in [1.807, 2.05) is 49.0 Å². The largest absolute Gasteiger partial charge is 0.339 e. The second-order valence-electron chi connectivity index (χ2n) is 6.31. The van der Waals surface area contributed by atoms with E-state index in [4.69, 9.17) is 4.52 Å². The summed E-state index contributed by atoms with van der Waals surface area (Å²) in [5, 5.41) is 8.64. The molecule has 3 heterocycles. The molecule has 0 atom stereocenters. The molecule has 0 unspecified atom stereocenters. The van der Waals surface area contributed by atoms with Gasteiger partial charge in [-0.1, -0.05) is 37.2 Å². The number of hydrogen-bond donors (Lipinski definition) is 0. The second-order valence-corrected chi connectivity index (χ2v) is 6.31. The number of nitrogens with zero attached hydrogens (tertiary/aromatic N) is 6. The predicted octanol–water partition coefficient (Wildman–Crippen LogP) is 3.56. The Labute approximate surface area is 150 Å². The number of rotatable bonds is 5. The third-order valence-corrected chi connectivity index (χ3v) is 3.97. The van der Waals surface area contributed by atoms with Gasteiger partial charge in [-0.25, -0.2) is 9.97 Å². The molecule has 0 amide bonds. The Morgan fingerprint density at radius 1 is 1.04 bits per heavy atom. The van der Waals surface area contributed by atoms with E-state index in [0.717, 1.165) is 22.4 Å². The van der Waals surface area contributed by atoms with Crippen LogP contribution in [0.2, 0.25) is 0 Å². The number of benzene rings is 1. The molecule has 3 aromatic heterocycles. The van der Waals surface area contributed by atoms with Crippen molar-refractivity contribution in [1.29, 1.82) is 0 Å². The fourth-order valence-electron chi connectivity index (χ4n) is 2.62. The molecule has 0 spiro atoms. The molecule has 4 aromatic rings. The molecule has 26 heavy (non-hydrogen) atoms. The minimum Gasteiger partial charge on any atom is -0.339 e. The van der Waals surface area contributed by atoms with Crippen LogP contribution in [0.25, 0.3) is 22.4 Å². The van der Waals surface area contributed by atoms with Crippen molar-refractivity contribution >= 4 is 0 Å². The van der Waals surface area contributed by atoms with Gasteiger partial charge in [0.05, 0.1) is 5.69 Å². The van der Waals surface area contributed by atoms with Crippen LogP contribution in [0.3, 0.4) is 0 Å². The summed E-state index contributed by atoms with van der Waals surface area (Å²) in [5.74, 6) is 1.48. The van der Waals surface area contributed by atoms with Crippen molar-refractivity contribution in [2.75, 3.05) is 0 Å². The molecule has 7 nitrogen and oxygen atoms in total. The molecule has 0 bridgehead atoms. The van der Waals surface area contributed by atoms with Crippen LogP contribution in [-0.2, 0) is 6.54 Å². The lowest BCUT2D eigenvalue weighted by Crippen LogP contribution is -2.02. The molecule has 0 radical (unpaired) electrons. The molecule has 0 fully saturated rings. The first-order valence-corrected chi connectivity index (χ1v) is 8.41. The molecule has 4 rings (SSSR count). The SMILES string of the molecule is CC(C)c1nc(Cn2ccc(-c3cccc(-c4cncnc4)c3)n2)no1. The van der Waals surface area contributed by atoms with E-state index in [-0.39, 0.29) is 5.92 Å². The van der Waals surface area contributed by atoms with Gasteiger partial charge in [0.15, 0.2) is 5.82 Å². The topological polar surface area (TPSA) is 82.5 Å². The van der Waals surface area contributed by atoms with Gasteiger partial charge in [0.1, 0.15) is 12.9 Å². The van der Waals surface area contributed by atoms with E-state index in [0.29, 0.717) is 18.3 Å². The number of aromatic nitrogens is 6. The summed E-state index contributed by atoms with van der Waals surface area (Å²) >= 11 is 0. The highest BCUT2D eigenvalue weighted by Gasteiger charge is 2.11. The standard InChI is InChI=1S/C19H18N6O/c1-13(2)19-22-18(24-26-19)11-25-7-6-17(23-25)15-5-3-4-14(8-15)16-9-20-12-21-10-16/h3-10,12-13H,11H2,1-2H3. The molecule has 1 aromatic carbocycles. The summed E-state index contributed by atoms with van der Waals surface area (Å²) in [6.45, 7) is 4.52. The van der Waals surface area contributed by atoms with E-state index >= 15 is 0 Å². The van der Waals surface area contributed by atoms with Crippen molar-refractivity contribution in [3.8, 4) is 22.4 Å². The summed E-state index contributed by atoms with van der Waals surface area (Å²) in [5.41, 5.74) is 3.94. The van der Waals surface area contributed by atoms with E-state index in [1.54, 1.807) is 12.4 Å². The lowest BCUT2D eigenvalue weighted by molar-refractivity contribution is 0.359. The Kier molecular flexibility index (Phi) is 4.27. The highest BCUT2D eigenvalue weighted by molar-refractivity contribution is 5.70. The van der Waals surface area contributed by atoms with Gasteiger partial charge in [0.25, 0.3) is 0 Å². The molecule has 7 heteroatoms. The van der Waals surface area contributed by atoms with Crippen molar-refractivity contribution in [2.45, 2.75) is 26.3 Å². The van der Waals surface area contributed by atoms with E-state index < -0.39 is 0 Å². The maximum atomic E-state index is 5.24. The number of hydrogen-bond acceptors (Lipinski definition) is 6. The smallest absolute Gasteiger partial charge is 0.229 e. The van der Waals surface area contributed by atoms with Crippen LogP contribution < -0.4 is 0 Å². The van der Waals surface area contributed by atoms with E-state index in [2.05, 4.69) is 31.3 Å². The monoisotopic (exact) mass is 346 g/mol. The van der Waals surface area contributed by atoms with E-state index in [1.165, 1.54) is 6.33 Å². The lowest BCUT2D eigenvalue weighted by Gasteiger charge is -2.03. The predicted molar refractivity (Wildman–Crippen MR) is 96.2 cm³/mol. The van der Waals surface area contributed by atoms with Crippen LogP contribution in [0.4, 0.5) is 0 Å². The first-order valence-electron chi connectivity index (χ1n) is 8.41. The van der Waals surface area contributed by atoms with Gasteiger partial charge >= 0.3 is 0 Å². The Hall–Kier alpha value is -3.35. The van der Waals surface area contributed by atoms with Gasteiger partial charge in [0, 0.05) is 35.6 Å². The van der Waals surface area contributed by atoms with Crippen molar-refractivity contribution in [3.63, 3.8) is 0 Å². The van der Waals surface area contributed by atoms with Crippen LogP contribution >= 0.6 is 0 Å². The molecule has 130 valence electrons. The van der Waals surface area contributed by atoms with Crippen LogP contribution in [0, 0.1) is 0 Å². The quantitative estimate of drug-likeness (QED) is 0.549. The molecular formula is C19H18N6O. The van der Waals surface area contributed by atoms with Crippen LogP contribution in [-0.4, -0.2) is 29.9 Å². The summed E-state index contributed by atoms with van der Waals surface area (Å²) in [6, 6.07) is 10.1. The van der Waals surface area contributed by atoms with Gasteiger partial charge in [-0.3, -0.25) is 4.68 Å². The average Bonchev–Trinajstić information content (AvgIpc) is 3.33. The Balaban J connectivity index is 1.56. The Morgan fingerprint density at radius 3 is 2.62 bits per heavy atom. The molecular weight excluding hydrogens is 328 g/mol. The Morgan fingerprint density at radius 2 is 1.85 bits per heavy atom. The minimum absolute atomic E-state index is 0.217. The highest BCUT2D eigenvalue weighted by atomic mass is 16.5. The summed E-state index contributed by atoms with van der Waals surface area (Å²) in [7, 11) is 0. The second kappa shape index (κ2) is 6.87. The zero-order valence-electron chi connectivity index (χ0n) is 14.6. The van der Waals surface area contributed by atoms with Gasteiger partial charge in [-0.15, -0.1) is 0 Å². The third kappa shape index (κ3) is 3.37. The van der Waals surface area contributed by atoms with Crippen molar-refractivity contribution in [3.05, 3.63) is 67.0 Å². The maximum absolute atomic E-state index is 5.24. The fraction of sp³-hybridized carbons (Fsp3) is 0.211. The Bertz CT molecular complexity index is 1010. The molecule has 0 aliphatic rings. The van der Waals surface area contributed by atoms with Gasteiger partial charge in [0.2, 0.25) is 5.89 Å². The summed E-state index contributed by atoms with van der Waals surface area (Å²) in [6.07, 6.45) is 7.04. The highest BCUT2D eigenvalue weighted by Crippen LogP contribution is 2.24. The lowest BCUT2D eigenvalue weighted by atomic mass is 10.0. The van der Waals surface area contributed by atoms with Gasteiger partial charge < -0.3 is 4.52 Å². The minimum atomic E-state index is 0.217. The zero-order valence-corrected chi connectivity index (χ0v) is 14.6. The summed E-state index contributed by atoms with van der Waals surface area (Å²) < 4.78 is 7.05. The van der Waals surface area contributed by atoms with Crippen molar-refractivity contribution in [1.82, 2.24) is 29.9 Å². The molecule has 0 N–H and O–H groups in total. The van der Waals surface area contributed by atoms with Crippen LogP contribution in [0.15, 0.2) is 59.8 Å². The van der Waals surface area contributed by atoms with Gasteiger partial charge in [-0.05, 0) is 17.7 Å². The third-order valence-electron chi connectivity index (χ3n) is 3.97. The van der Waals surface area contributed by atoms with Crippen molar-refractivity contribution in [2.24, 2.45) is 0 Å². The molecule has 0 saturated carbocycles. The normalized spacial score (nSPS) is 11.2. The van der Waals surface area contributed by atoms with E-state index in [9.17, 15) is 0 Å². The first-order chi connectivity index (χ1) is 12.7. The molecule has 0 aliphatic carbocycles. The molecule has 0 aliphatic heterocycles. The zero-order chi connectivity index (χ0) is 17.9.